The Kier molecular flexibility index (Phi) is 5.83. The molecule has 1 aromatic rings. The molecule has 0 radical (unpaired) electrons. The highest BCUT2D eigenvalue weighted by atomic mass is 32.2. The van der Waals surface area contributed by atoms with Crippen LogP contribution in [0, 0.1) is 5.41 Å². The molecule has 3 rings (SSSR count). The van der Waals surface area contributed by atoms with E-state index >= 15 is 0 Å². The Morgan fingerprint density at radius 1 is 1.15 bits per heavy atom. The van der Waals surface area contributed by atoms with Crippen LogP contribution in [0.1, 0.15) is 30.4 Å². The molecular formula is C18H24N2O6S. The van der Waals surface area contributed by atoms with E-state index in [1.54, 1.807) is 24.3 Å². The second kappa shape index (κ2) is 7.95. The first kappa shape index (κ1) is 19.8. The number of ether oxygens (including phenoxy) is 1. The third kappa shape index (κ3) is 4.15. The van der Waals surface area contributed by atoms with Crippen LogP contribution in [-0.4, -0.2) is 56.0 Å². The number of carbonyl (C=O) groups is 2. The minimum absolute atomic E-state index is 0.0999. The summed E-state index contributed by atoms with van der Waals surface area (Å²) in [6, 6.07) is 6.98. The van der Waals surface area contributed by atoms with Gasteiger partial charge in [0, 0.05) is 19.6 Å². The molecule has 1 amide bonds. The van der Waals surface area contributed by atoms with Gasteiger partial charge in [0.15, 0.2) is 0 Å². The average Bonchev–Trinajstić information content (AvgIpc) is 2.60. The zero-order valence-corrected chi connectivity index (χ0v) is 15.8. The monoisotopic (exact) mass is 396 g/mol. The highest BCUT2D eigenvalue weighted by Crippen LogP contribution is 2.41. The van der Waals surface area contributed by atoms with Crippen molar-refractivity contribution in [2.45, 2.75) is 31.6 Å². The van der Waals surface area contributed by atoms with Crippen molar-refractivity contribution in [3.63, 3.8) is 0 Å². The van der Waals surface area contributed by atoms with Crippen molar-refractivity contribution >= 4 is 21.9 Å². The Hall–Kier alpha value is -1.97. The number of aliphatic carboxylic acids is 1. The summed E-state index contributed by atoms with van der Waals surface area (Å²) in [6.45, 7) is 1.54. The van der Waals surface area contributed by atoms with Gasteiger partial charge in [-0.1, -0.05) is 30.7 Å². The van der Waals surface area contributed by atoms with Crippen molar-refractivity contribution in [2.24, 2.45) is 5.41 Å². The molecule has 8 nitrogen and oxygen atoms in total. The summed E-state index contributed by atoms with van der Waals surface area (Å²) in [4.78, 5) is 23.8. The van der Waals surface area contributed by atoms with Gasteiger partial charge in [0.2, 0.25) is 15.9 Å². The van der Waals surface area contributed by atoms with Crippen LogP contribution in [0.15, 0.2) is 24.3 Å². The number of carbonyl (C=O) groups excluding carboxylic acids is 1. The Bertz CT molecular complexity index is 813. The van der Waals surface area contributed by atoms with E-state index in [0.717, 1.165) is 0 Å². The molecule has 2 N–H and O–H groups in total. The number of morpholine rings is 1. The van der Waals surface area contributed by atoms with E-state index in [4.69, 9.17) is 4.74 Å². The van der Waals surface area contributed by atoms with Crippen LogP contribution in [0.3, 0.4) is 0 Å². The second-order valence-electron chi connectivity index (χ2n) is 6.96. The van der Waals surface area contributed by atoms with Gasteiger partial charge in [0.1, 0.15) is 5.41 Å². The summed E-state index contributed by atoms with van der Waals surface area (Å²) in [5.41, 5.74) is -0.0701. The fraction of sp³-hybridized carbons (Fsp3) is 0.556. The number of carboxylic acids is 1. The van der Waals surface area contributed by atoms with Crippen molar-refractivity contribution < 1.29 is 27.9 Å². The van der Waals surface area contributed by atoms with Gasteiger partial charge in [-0.15, -0.1) is 0 Å². The van der Waals surface area contributed by atoms with Crippen LogP contribution in [0.5, 0.6) is 0 Å². The van der Waals surface area contributed by atoms with Crippen molar-refractivity contribution in [1.82, 2.24) is 9.62 Å². The Labute approximate surface area is 158 Å². The maximum atomic E-state index is 12.7. The van der Waals surface area contributed by atoms with E-state index in [2.05, 4.69) is 5.32 Å². The molecule has 0 bridgehead atoms. The molecule has 27 heavy (non-hydrogen) atoms. The molecule has 2 aliphatic rings. The summed E-state index contributed by atoms with van der Waals surface area (Å²) in [6.07, 6.45) is 1.39. The van der Waals surface area contributed by atoms with Gasteiger partial charge < -0.3 is 15.2 Å². The van der Waals surface area contributed by atoms with Crippen LogP contribution >= 0.6 is 0 Å². The zero-order valence-electron chi connectivity index (χ0n) is 15.0. The van der Waals surface area contributed by atoms with Crippen molar-refractivity contribution in [3.05, 3.63) is 35.4 Å². The maximum Gasteiger partial charge on any atom is 0.319 e. The number of amides is 1. The summed E-state index contributed by atoms with van der Waals surface area (Å²) in [5, 5.41) is 12.0. The first-order valence-corrected chi connectivity index (χ1v) is 10.6. The lowest BCUT2D eigenvalue weighted by Gasteiger charge is -2.35. The van der Waals surface area contributed by atoms with Gasteiger partial charge in [-0.3, -0.25) is 9.59 Å². The highest BCUT2D eigenvalue weighted by Gasteiger charge is 2.51. The summed E-state index contributed by atoms with van der Waals surface area (Å²) in [7, 11) is -3.49. The molecule has 1 saturated heterocycles. The summed E-state index contributed by atoms with van der Waals surface area (Å²) < 4.78 is 31.9. The average molecular weight is 396 g/mol. The zero-order chi connectivity index (χ0) is 19.5. The summed E-state index contributed by atoms with van der Waals surface area (Å²) in [5.74, 6) is -1.77. The SMILES string of the molecule is O=C(O)C1(C(=O)NCc2ccccc2CS(=O)(=O)N2CCOCC2)CCC1. The molecule has 1 aliphatic heterocycles. The third-order valence-corrected chi connectivity index (χ3v) is 7.14. The number of benzene rings is 1. The molecular weight excluding hydrogens is 372 g/mol. The minimum Gasteiger partial charge on any atom is -0.480 e. The lowest BCUT2D eigenvalue weighted by Crippen LogP contribution is -2.50. The molecule has 0 spiro atoms. The Morgan fingerprint density at radius 2 is 1.78 bits per heavy atom. The summed E-state index contributed by atoms with van der Waals surface area (Å²) >= 11 is 0. The standard InChI is InChI=1S/C18H24N2O6S/c21-16(18(17(22)23)6-3-7-18)19-12-14-4-1-2-5-15(14)13-27(24,25)20-8-10-26-11-9-20/h1-2,4-5H,3,6-13H2,(H,19,21)(H,22,23). The topological polar surface area (TPSA) is 113 Å². The molecule has 1 saturated carbocycles. The smallest absolute Gasteiger partial charge is 0.319 e. The Balaban J connectivity index is 1.69. The lowest BCUT2D eigenvalue weighted by atomic mass is 9.68. The van der Waals surface area contributed by atoms with Crippen LogP contribution in [0.2, 0.25) is 0 Å². The molecule has 0 unspecified atom stereocenters. The number of sulfonamides is 1. The predicted octanol–water partition coefficient (Wildman–Crippen LogP) is 0.720. The number of rotatable bonds is 7. The number of hydrogen-bond acceptors (Lipinski definition) is 5. The van der Waals surface area contributed by atoms with E-state index in [1.807, 2.05) is 0 Å². The number of hydrogen-bond donors (Lipinski definition) is 2. The van der Waals surface area contributed by atoms with Crippen LogP contribution in [0.4, 0.5) is 0 Å². The number of nitrogens with one attached hydrogen (secondary N) is 1. The molecule has 2 fully saturated rings. The number of carboxylic acid groups (broad SMARTS) is 1. The van der Waals surface area contributed by atoms with Crippen molar-refractivity contribution in [1.29, 1.82) is 0 Å². The highest BCUT2D eigenvalue weighted by molar-refractivity contribution is 7.88. The fourth-order valence-electron chi connectivity index (χ4n) is 3.40. The van der Waals surface area contributed by atoms with Gasteiger partial charge in [-0.05, 0) is 24.0 Å². The Morgan fingerprint density at radius 3 is 2.33 bits per heavy atom. The van der Waals surface area contributed by atoms with Crippen LogP contribution < -0.4 is 5.32 Å². The molecule has 1 aromatic carbocycles. The van der Waals surface area contributed by atoms with Gasteiger partial charge in [-0.25, -0.2) is 8.42 Å². The molecule has 9 heteroatoms. The van der Waals surface area contributed by atoms with E-state index in [-0.39, 0.29) is 12.3 Å². The van der Waals surface area contributed by atoms with Crippen LogP contribution in [0.25, 0.3) is 0 Å². The van der Waals surface area contributed by atoms with E-state index in [0.29, 0.717) is 56.7 Å². The third-order valence-electron chi connectivity index (χ3n) is 5.31. The largest absolute Gasteiger partial charge is 0.480 e. The van der Waals surface area contributed by atoms with E-state index in [9.17, 15) is 23.1 Å². The molecule has 1 aliphatic carbocycles. The van der Waals surface area contributed by atoms with E-state index in [1.165, 1.54) is 4.31 Å². The van der Waals surface area contributed by atoms with Crippen molar-refractivity contribution in [3.8, 4) is 0 Å². The van der Waals surface area contributed by atoms with E-state index < -0.39 is 27.3 Å². The minimum atomic E-state index is -3.49. The number of nitrogens with zero attached hydrogens (tertiary/aromatic N) is 1. The van der Waals surface area contributed by atoms with Crippen LogP contribution in [-0.2, 0) is 36.6 Å². The fourth-order valence-corrected chi connectivity index (χ4v) is 4.96. The normalized spacial score (nSPS) is 19.9. The molecule has 0 atom stereocenters. The van der Waals surface area contributed by atoms with Crippen molar-refractivity contribution in [2.75, 3.05) is 26.3 Å². The van der Waals surface area contributed by atoms with Gasteiger partial charge in [-0.2, -0.15) is 4.31 Å². The quantitative estimate of drug-likeness (QED) is 0.657. The lowest BCUT2D eigenvalue weighted by molar-refractivity contribution is -0.162. The molecule has 1 heterocycles. The maximum absolute atomic E-state index is 12.7. The first-order chi connectivity index (χ1) is 12.8. The molecule has 0 aromatic heterocycles. The van der Waals surface area contributed by atoms with Gasteiger partial charge in [0.05, 0.1) is 19.0 Å². The first-order valence-electron chi connectivity index (χ1n) is 8.99. The second-order valence-corrected chi connectivity index (χ2v) is 8.93. The predicted molar refractivity (Wildman–Crippen MR) is 97.2 cm³/mol. The molecule has 148 valence electrons. The van der Waals surface area contributed by atoms with Gasteiger partial charge in [0.25, 0.3) is 0 Å². The van der Waals surface area contributed by atoms with Gasteiger partial charge >= 0.3 is 5.97 Å².